The molecule has 1 aromatic rings. The highest BCUT2D eigenvalue weighted by Crippen LogP contribution is 2.28. The molecule has 0 spiro atoms. The number of nitrogens with zero attached hydrogens (tertiary/aromatic N) is 1. The summed E-state index contributed by atoms with van der Waals surface area (Å²) < 4.78 is 0. The van der Waals surface area contributed by atoms with Crippen LogP contribution in [0.4, 0.5) is 5.69 Å². The summed E-state index contributed by atoms with van der Waals surface area (Å²) in [4.78, 5) is 16.6. The number of nitrogens with one attached hydrogen (secondary N) is 3. The highest BCUT2D eigenvalue weighted by molar-refractivity contribution is 6.31. The molecule has 3 N–H and O–H groups in total. The van der Waals surface area contributed by atoms with Gasteiger partial charge in [-0.25, -0.2) is 0 Å². The minimum Gasteiger partial charge on any atom is -0.357 e. The Morgan fingerprint density at radius 3 is 2.83 bits per heavy atom. The number of benzene rings is 1. The molecule has 0 bridgehead atoms. The molecule has 1 fully saturated rings. The molecule has 0 heterocycles. The predicted octanol–water partition coefficient (Wildman–Crippen LogP) is 2.94. The van der Waals surface area contributed by atoms with E-state index in [1.165, 1.54) is 12.8 Å². The fourth-order valence-corrected chi connectivity index (χ4v) is 2.29. The number of carbonyl (C=O) groups is 1. The van der Waals surface area contributed by atoms with E-state index in [9.17, 15) is 4.79 Å². The van der Waals surface area contributed by atoms with Crippen LogP contribution in [0.5, 0.6) is 0 Å². The molecule has 0 aliphatic heterocycles. The molecule has 0 unspecified atom stereocenters. The van der Waals surface area contributed by atoms with E-state index >= 15 is 0 Å². The van der Waals surface area contributed by atoms with Gasteiger partial charge in [-0.1, -0.05) is 17.7 Å². The summed E-state index contributed by atoms with van der Waals surface area (Å²) in [6, 6.07) is 5.50. The highest BCUT2D eigenvalue weighted by Gasteiger charge is 2.20. The largest absolute Gasteiger partial charge is 0.357 e. The van der Waals surface area contributed by atoms with Gasteiger partial charge in [0.15, 0.2) is 5.96 Å². The number of guanidine groups is 1. The van der Waals surface area contributed by atoms with Crippen LogP contribution < -0.4 is 16.0 Å². The van der Waals surface area contributed by atoms with Gasteiger partial charge in [-0.05, 0) is 50.3 Å². The summed E-state index contributed by atoms with van der Waals surface area (Å²) in [6.45, 7) is 6.14. The Morgan fingerprint density at radius 1 is 1.35 bits per heavy atom. The lowest BCUT2D eigenvalue weighted by atomic mass is 10.2. The van der Waals surface area contributed by atoms with Crippen molar-refractivity contribution in [2.24, 2.45) is 10.9 Å². The predicted molar refractivity (Wildman–Crippen MR) is 96.1 cm³/mol. The smallest absolute Gasteiger partial charge is 0.226 e. The summed E-state index contributed by atoms with van der Waals surface area (Å²) in [6.07, 6.45) is 2.94. The van der Waals surface area contributed by atoms with Crippen molar-refractivity contribution in [3.8, 4) is 0 Å². The highest BCUT2D eigenvalue weighted by atomic mass is 35.5. The fourth-order valence-electron chi connectivity index (χ4n) is 2.11. The second-order valence-electron chi connectivity index (χ2n) is 5.80. The van der Waals surface area contributed by atoms with Crippen LogP contribution in [0.25, 0.3) is 0 Å². The molecule has 0 radical (unpaired) electrons. The quantitative estimate of drug-likeness (QED) is 0.530. The molecule has 0 atom stereocenters. The number of aliphatic imine (C=N–C) groups is 1. The van der Waals surface area contributed by atoms with E-state index in [2.05, 4.69) is 20.9 Å². The second-order valence-corrected chi connectivity index (χ2v) is 6.21. The van der Waals surface area contributed by atoms with Crippen molar-refractivity contribution in [1.29, 1.82) is 0 Å². The normalized spacial score (nSPS) is 14.5. The molecule has 0 saturated heterocycles. The van der Waals surface area contributed by atoms with Gasteiger partial charge in [-0.2, -0.15) is 0 Å². The zero-order chi connectivity index (χ0) is 16.7. The van der Waals surface area contributed by atoms with Crippen molar-refractivity contribution in [3.05, 3.63) is 28.8 Å². The summed E-state index contributed by atoms with van der Waals surface area (Å²) in [5.74, 6) is 1.49. The number of amides is 1. The third-order valence-electron chi connectivity index (χ3n) is 3.74. The number of halogens is 1. The van der Waals surface area contributed by atoms with Crippen LogP contribution in [-0.2, 0) is 4.79 Å². The summed E-state index contributed by atoms with van der Waals surface area (Å²) >= 11 is 6.06. The number of hydrogen-bond donors (Lipinski definition) is 3. The molecule has 1 aliphatic carbocycles. The molecule has 1 aliphatic rings. The van der Waals surface area contributed by atoms with Crippen LogP contribution in [0.1, 0.15) is 31.7 Å². The molecule has 0 aromatic heterocycles. The molecular weight excluding hydrogens is 312 g/mol. The molecule has 1 amide bonds. The first-order valence-electron chi connectivity index (χ1n) is 8.17. The molecular formula is C17H25ClN4O. The average Bonchev–Trinajstić information content (AvgIpc) is 3.34. The lowest BCUT2D eigenvalue weighted by Gasteiger charge is -2.12. The number of hydrogen-bond acceptors (Lipinski definition) is 2. The van der Waals surface area contributed by atoms with E-state index in [-0.39, 0.29) is 5.91 Å². The fraction of sp³-hybridized carbons (Fsp3) is 0.529. The molecule has 5 nitrogen and oxygen atoms in total. The molecule has 6 heteroatoms. The van der Waals surface area contributed by atoms with Crippen LogP contribution in [0.2, 0.25) is 5.02 Å². The lowest BCUT2D eigenvalue weighted by Crippen LogP contribution is -2.38. The van der Waals surface area contributed by atoms with Crippen molar-refractivity contribution in [2.45, 2.75) is 33.1 Å². The van der Waals surface area contributed by atoms with Gasteiger partial charge in [0.05, 0.1) is 0 Å². The molecule has 126 valence electrons. The van der Waals surface area contributed by atoms with Gasteiger partial charge in [0, 0.05) is 36.8 Å². The minimum absolute atomic E-state index is 0.0408. The molecule has 23 heavy (non-hydrogen) atoms. The third kappa shape index (κ3) is 6.10. The van der Waals surface area contributed by atoms with Gasteiger partial charge < -0.3 is 16.0 Å². The molecule has 1 saturated carbocycles. The van der Waals surface area contributed by atoms with Gasteiger partial charge in [-0.15, -0.1) is 0 Å². The first kappa shape index (κ1) is 17.6. The van der Waals surface area contributed by atoms with Gasteiger partial charge in [0.25, 0.3) is 0 Å². The summed E-state index contributed by atoms with van der Waals surface area (Å²) in [7, 11) is 0. The lowest BCUT2D eigenvalue weighted by molar-refractivity contribution is -0.116. The Kier molecular flexibility index (Phi) is 6.71. The van der Waals surface area contributed by atoms with E-state index < -0.39 is 0 Å². The average molecular weight is 337 g/mol. The van der Waals surface area contributed by atoms with E-state index in [4.69, 9.17) is 11.6 Å². The standard InChI is InChI=1S/C17H25ClN4O/c1-3-19-17(21-11-13-7-8-13)20-10-9-16(23)22-15-6-4-5-14(18)12(15)2/h4-6,13H,3,7-11H2,1-2H3,(H,22,23)(H2,19,20,21). The minimum atomic E-state index is -0.0408. The van der Waals surface area contributed by atoms with Crippen molar-refractivity contribution >= 4 is 29.2 Å². The maximum absolute atomic E-state index is 12.0. The van der Waals surface area contributed by atoms with Gasteiger partial charge in [-0.3, -0.25) is 9.79 Å². The topological polar surface area (TPSA) is 65.5 Å². The second kappa shape index (κ2) is 8.77. The zero-order valence-corrected chi connectivity index (χ0v) is 14.5. The maximum Gasteiger partial charge on any atom is 0.226 e. The Bertz CT molecular complexity index is 570. The van der Waals surface area contributed by atoms with E-state index in [1.54, 1.807) is 0 Å². The van der Waals surface area contributed by atoms with E-state index in [1.807, 2.05) is 32.0 Å². The van der Waals surface area contributed by atoms with Gasteiger partial charge in [0.2, 0.25) is 5.91 Å². The zero-order valence-electron chi connectivity index (χ0n) is 13.8. The first-order chi connectivity index (χ1) is 11.1. The number of carbonyl (C=O) groups excluding carboxylic acids is 1. The first-order valence-corrected chi connectivity index (χ1v) is 8.55. The van der Waals surface area contributed by atoms with Crippen LogP contribution in [-0.4, -0.2) is 31.5 Å². The molecule has 1 aromatic carbocycles. The van der Waals surface area contributed by atoms with E-state index in [0.29, 0.717) is 18.0 Å². The summed E-state index contributed by atoms with van der Waals surface area (Å²) in [5.41, 5.74) is 1.65. The number of anilines is 1. The Balaban J connectivity index is 1.76. The van der Waals surface area contributed by atoms with Crippen molar-refractivity contribution < 1.29 is 4.79 Å². The van der Waals surface area contributed by atoms with Crippen molar-refractivity contribution in [2.75, 3.05) is 25.0 Å². The van der Waals surface area contributed by atoms with Crippen molar-refractivity contribution in [3.63, 3.8) is 0 Å². The van der Waals surface area contributed by atoms with Gasteiger partial charge >= 0.3 is 0 Å². The molecule has 2 rings (SSSR count). The maximum atomic E-state index is 12.0. The third-order valence-corrected chi connectivity index (χ3v) is 4.14. The van der Waals surface area contributed by atoms with Crippen LogP contribution >= 0.6 is 11.6 Å². The Hall–Kier alpha value is -1.75. The van der Waals surface area contributed by atoms with E-state index in [0.717, 1.165) is 36.2 Å². The SMILES string of the molecule is CCNC(=NCC1CC1)NCCC(=O)Nc1cccc(Cl)c1C. The van der Waals surface area contributed by atoms with Gasteiger partial charge in [0.1, 0.15) is 0 Å². The van der Waals surface area contributed by atoms with Crippen LogP contribution in [0, 0.1) is 12.8 Å². The van der Waals surface area contributed by atoms with Crippen molar-refractivity contribution in [1.82, 2.24) is 10.6 Å². The number of rotatable bonds is 7. The Labute approximate surface area is 142 Å². The monoisotopic (exact) mass is 336 g/mol. The van der Waals surface area contributed by atoms with Crippen LogP contribution in [0.3, 0.4) is 0 Å². The Morgan fingerprint density at radius 2 is 2.13 bits per heavy atom. The summed E-state index contributed by atoms with van der Waals surface area (Å²) in [5, 5.41) is 9.94. The van der Waals surface area contributed by atoms with Crippen LogP contribution in [0.15, 0.2) is 23.2 Å².